The number of carbonyl (C=O) groups is 1. The molecule has 6 heteroatoms. The van der Waals surface area contributed by atoms with Gasteiger partial charge in [-0.25, -0.2) is 4.98 Å². The highest BCUT2D eigenvalue weighted by Crippen LogP contribution is 2.23. The second-order valence-corrected chi connectivity index (χ2v) is 6.05. The minimum absolute atomic E-state index is 0.114. The smallest absolute Gasteiger partial charge is 0.274 e. The first kappa shape index (κ1) is 15.1. The molecule has 2 aromatic carbocycles. The Kier molecular flexibility index (Phi) is 3.39. The Bertz CT molecular complexity index is 1160. The summed E-state index contributed by atoms with van der Waals surface area (Å²) in [5.74, 6) is 0.579. The topological polar surface area (TPSA) is 70.5 Å². The molecule has 124 valence electrons. The molecule has 0 radical (unpaired) electrons. The summed E-state index contributed by atoms with van der Waals surface area (Å²) in [5.41, 5.74) is 3.06. The average molecular weight is 332 g/mol. The lowest BCUT2D eigenvalue weighted by atomic mass is 10.1. The van der Waals surface area contributed by atoms with E-state index in [1.165, 1.54) is 4.90 Å². The number of H-pyrrole nitrogens is 1. The SMILES string of the molecule is CN(C)C(=O)c1ccc2c(c1)[nH]c(=O)c1cnc(-c3ccccc3)n12. The average Bonchev–Trinajstić information content (AvgIpc) is 3.07. The molecule has 6 nitrogen and oxygen atoms in total. The van der Waals surface area contributed by atoms with E-state index < -0.39 is 0 Å². The Morgan fingerprint density at radius 2 is 1.84 bits per heavy atom. The second-order valence-electron chi connectivity index (χ2n) is 6.05. The lowest BCUT2D eigenvalue weighted by molar-refractivity contribution is 0.0827. The molecule has 25 heavy (non-hydrogen) atoms. The third kappa shape index (κ3) is 2.39. The van der Waals surface area contributed by atoms with Crippen molar-refractivity contribution in [3.8, 4) is 11.4 Å². The zero-order chi connectivity index (χ0) is 17.6. The van der Waals surface area contributed by atoms with Gasteiger partial charge in [-0.15, -0.1) is 0 Å². The van der Waals surface area contributed by atoms with Crippen LogP contribution in [0.25, 0.3) is 27.9 Å². The van der Waals surface area contributed by atoms with Crippen molar-refractivity contribution in [3.63, 3.8) is 0 Å². The van der Waals surface area contributed by atoms with Gasteiger partial charge < -0.3 is 9.88 Å². The van der Waals surface area contributed by atoms with Crippen molar-refractivity contribution in [3.05, 3.63) is 70.6 Å². The van der Waals surface area contributed by atoms with Crippen LogP contribution in [0.5, 0.6) is 0 Å². The number of amides is 1. The molecule has 0 unspecified atom stereocenters. The third-order valence-corrected chi connectivity index (χ3v) is 4.17. The van der Waals surface area contributed by atoms with E-state index in [9.17, 15) is 9.59 Å². The standard InChI is InChI=1S/C19H16N4O2/c1-22(2)19(25)13-8-9-15-14(10-13)21-18(24)16-11-20-17(23(15)16)12-6-4-3-5-7-12/h3-11H,1-2H3,(H,21,24). The number of hydrogen-bond acceptors (Lipinski definition) is 3. The van der Waals surface area contributed by atoms with E-state index in [1.807, 2.05) is 40.8 Å². The predicted octanol–water partition coefficient (Wildman–Crippen LogP) is 2.54. The summed E-state index contributed by atoms with van der Waals surface area (Å²) in [7, 11) is 3.39. The fourth-order valence-electron chi connectivity index (χ4n) is 2.96. The lowest BCUT2D eigenvalue weighted by Gasteiger charge is -2.11. The lowest BCUT2D eigenvalue weighted by Crippen LogP contribution is -2.21. The van der Waals surface area contributed by atoms with Crippen LogP contribution in [0.3, 0.4) is 0 Å². The van der Waals surface area contributed by atoms with Gasteiger partial charge in [0.2, 0.25) is 0 Å². The maximum absolute atomic E-state index is 12.4. The molecule has 2 heterocycles. The highest BCUT2D eigenvalue weighted by atomic mass is 16.2. The number of benzene rings is 2. The summed E-state index contributed by atoms with van der Waals surface area (Å²) >= 11 is 0. The van der Waals surface area contributed by atoms with Crippen molar-refractivity contribution >= 4 is 22.5 Å². The molecule has 0 bridgehead atoms. The molecule has 4 rings (SSSR count). The van der Waals surface area contributed by atoms with Gasteiger partial charge in [0.05, 0.1) is 17.2 Å². The van der Waals surface area contributed by atoms with E-state index in [1.54, 1.807) is 32.4 Å². The number of hydrogen-bond donors (Lipinski definition) is 1. The molecule has 1 amide bonds. The fraction of sp³-hybridized carbons (Fsp3) is 0.105. The number of rotatable bonds is 2. The molecular weight excluding hydrogens is 316 g/mol. The molecule has 0 saturated heterocycles. The Balaban J connectivity index is 2.04. The van der Waals surface area contributed by atoms with Crippen molar-refractivity contribution < 1.29 is 4.79 Å². The number of aromatic amines is 1. The molecule has 1 N–H and O–H groups in total. The quantitative estimate of drug-likeness (QED) is 0.613. The summed E-state index contributed by atoms with van der Waals surface area (Å²) < 4.78 is 1.83. The van der Waals surface area contributed by atoms with E-state index in [2.05, 4.69) is 9.97 Å². The van der Waals surface area contributed by atoms with Crippen LogP contribution >= 0.6 is 0 Å². The van der Waals surface area contributed by atoms with E-state index in [0.717, 1.165) is 11.1 Å². The molecule has 0 saturated carbocycles. The first-order valence-corrected chi connectivity index (χ1v) is 7.87. The summed E-state index contributed by atoms with van der Waals surface area (Å²) in [6.07, 6.45) is 1.57. The van der Waals surface area contributed by atoms with E-state index >= 15 is 0 Å². The van der Waals surface area contributed by atoms with E-state index in [4.69, 9.17) is 0 Å². The van der Waals surface area contributed by atoms with Gasteiger partial charge >= 0.3 is 0 Å². The van der Waals surface area contributed by atoms with Crippen molar-refractivity contribution in [1.82, 2.24) is 19.3 Å². The van der Waals surface area contributed by atoms with Crippen LogP contribution in [-0.4, -0.2) is 39.3 Å². The molecule has 0 aliphatic rings. The third-order valence-electron chi connectivity index (χ3n) is 4.17. The Hall–Kier alpha value is -3.41. The minimum Gasteiger partial charge on any atom is -0.345 e. The maximum Gasteiger partial charge on any atom is 0.274 e. The van der Waals surface area contributed by atoms with E-state index in [-0.39, 0.29) is 11.5 Å². The summed E-state index contributed by atoms with van der Waals surface area (Å²) in [6, 6.07) is 15.0. The molecule has 0 aliphatic heterocycles. The van der Waals surface area contributed by atoms with Gasteiger partial charge in [-0.3, -0.25) is 14.0 Å². The van der Waals surface area contributed by atoms with E-state index in [0.29, 0.717) is 22.4 Å². The van der Waals surface area contributed by atoms with Crippen LogP contribution in [0.1, 0.15) is 10.4 Å². The largest absolute Gasteiger partial charge is 0.345 e. The van der Waals surface area contributed by atoms with Crippen molar-refractivity contribution in [2.45, 2.75) is 0 Å². The van der Waals surface area contributed by atoms with Crippen LogP contribution in [0, 0.1) is 0 Å². The molecule has 0 aliphatic carbocycles. The number of nitrogens with zero attached hydrogens (tertiary/aromatic N) is 3. The van der Waals surface area contributed by atoms with Gasteiger partial charge in [0.1, 0.15) is 11.3 Å². The zero-order valence-electron chi connectivity index (χ0n) is 13.9. The zero-order valence-corrected chi connectivity index (χ0v) is 13.9. The normalized spacial score (nSPS) is 11.1. The van der Waals surface area contributed by atoms with Crippen LogP contribution in [0.15, 0.2) is 59.5 Å². The monoisotopic (exact) mass is 332 g/mol. The van der Waals surface area contributed by atoms with Gasteiger partial charge in [0, 0.05) is 25.2 Å². The first-order chi connectivity index (χ1) is 12.1. The van der Waals surface area contributed by atoms with Gasteiger partial charge in [-0.1, -0.05) is 30.3 Å². The summed E-state index contributed by atoms with van der Waals surface area (Å²) in [5, 5.41) is 0. The second kappa shape index (κ2) is 5.59. The number of carbonyl (C=O) groups excluding carboxylic acids is 1. The Morgan fingerprint density at radius 1 is 1.08 bits per heavy atom. The summed E-state index contributed by atoms with van der Waals surface area (Å²) in [6.45, 7) is 0. The number of fused-ring (bicyclic) bond motifs is 3. The Labute approximate surface area is 143 Å². The number of imidazole rings is 1. The molecule has 4 aromatic rings. The van der Waals surface area contributed by atoms with Crippen LogP contribution in [0.2, 0.25) is 0 Å². The highest BCUT2D eigenvalue weighted by Gasteiger charge is 2.14. The first-order valence-electron chi connectivity index (χ1n) is 7.87. The van der Waals surface area contributed by atoms with Gasteiger partial charge in [-0.05, 0) is 18.2 Å². The van der Waals surface area contributed by atoms with Crippen molar-refractivity contribution in [1.29, 1.82) is 0 Å². The predicted molar refractivity (Wildman–Crippen MR) is 96.8 cm³/mol. The fourth-order valence-corrected chi connectivity index (χ4v) is 2.96. The van der Waals surface area contributed by atoms with Gasteiger partial charge in [-0.2, -0.15) is 0 Å². The van der Waals surface area contributed by atoms with Gasteiger partial charge in [0.25, 0.3) is 11.5 Å². The number of aromatic nitrogens is 3. The van der Waals surface area contributed by atoms with Crippen molar-refractivity contribution in [2.75, 3.05) is 14.1 Å². The van der Waals surface area contributed by atoms with Crippen LogP contribution < -0.4 is 5.56 Å². The highest BCUT2D eigenvalue weighted by molar-refractivity contribution is 5.97. The van der Waals surface area contributed by atoms with Crippen molar-refractivity contribution in [2.24, 2.45) is 0 Å². The molecule has 0 atom stereocenters. The van der Waals surface area contributed by atoms with Gasteiger partial charge in [0.15, 0.2) is 0 Å². The molecule has 0 spiro atoms. The number of nitrogens with one attached hydrogen (secondary N) is 1. The Morgan fingerprint density at radius 3 is 2.56 bits per heavy atom. The van der Waals surface area contributed by atoms with Crippen LogP contribution in [0.4, 0.5) is 0 Å². The molecule has 0 fully saturated rings. The van der Waals surface area contributed by atoms with Crippen LogP contribution in [-0.2, 0) is 0 Å². The maximum atomic E-state index is 12.4. The molecular formula is C19H16N4O2. The summed E-state index contributed by atoms with van der Waals surface area (Å²) in [4.78, 5) is 33.4. The minimum atomic E-state index is -0.239. The molecule has 2 aromatic heterocycles.